The minimum absolute atomic E-state index is 0.724. The van der Waals surface area contributed by atoms with Crippen molar-refractivity contribution in [2.45, 2.75) is 47.0 Å². The largest absolute Gasteiger partial charge is 0.133 e. The average molecular weight is 206 g/mol. The van der Waals surface area contributed by atoms with Gasteiger partial charge in [-0.15, -0.1) is 5.73 Å². The Bertz CT molecular complexity index is 232. The van der Waals surface area contributed by atoms with Crippen molar-refractivity contribution in [1.29, 1.82) is 0 Å². The summed E-state index contributed by atoms with van der Waals surface area (Å²) < 4.78 is 0. The molecule has 0 aromatic heterocycles. The molecule has 1 aliphatic rings. The molecule has 0 aromatic rings. The van der Waals surface area contributed by atoms with Gasteiger partial charge in [0.25, 0.3) is 0 Å². The molecule has 0 aliphatic heterocycles. The predicted molar refractivity (Wildman–Crippen MR) is 67.7 cm³/mol. The van der Waals surface area contributed by atoms with Crippen molar-refractivity contribution in [2.75, 3.05) is 0 Å². The lowest BCUT2D eigenvalue weighted by molar-refractivity contribution is 0.107. The summed E-state index contributed by atoms with van der Waals surface area (Å²) in [5.41, 5.74) is 2.98. The molecule has 0 nitrogen and oxygen atoms in total. The van der Waals surface area contributed by atoms with E-state index in [-0.39, 0.29) is 0 Å². The molecule has 4 atom stereocenters. The van der Waals surface area contributed by atoms with Crippen molar-refractivity contribution in [3.05, 3.63) is 18.4 Å². The maximum Gasteiger partial charge on any atom is -0.0129 e. The molecule has 0 bridgehead atoms. The zero-order valence-corrected chi connectivity index (χ0v) is 10.8. The molecule has 1 saturated carbocycles. The number of hydrogen-bond donors (Lipinski definition) is 0. The highest BCUT2D eigenvalue weighted by Crippen LogP contribution is 2.43. The van der Waals surface area contributed by atoms with Gasteiger partial charge in [0.1, 0.15) is 0 Å². The van der Waals surface area contributed by atoms with Crippen molar-refractivity contribution in [3.8, 4) is 0 Å². The summed E-state index contributed by atoms with van der Waals surface area (Å²) in [5.74, 6) is 4.22. The van der Waals surface area contributed by atoms with E-state index >= 15 is 0 Å². The highest BCUT2D eigenvalue weighted by Gasteiger charge is 2.34. The molecule has 0 N–H and O–H groups in total. The first kappa shape index (κ1) is 12.6. The molecule has 86 valence electrons. The monoisotopic (exact) mass is 206 g/mol. The molecular formula is C15H26. The van der Waals surface area contributed by atoms with Crippen LogP contribution in [0.2, 0.25) is 0 Å². The summed E-state index contributed by atoms with van der Waals surface area (Å²) in [6, 6.07) is 0. The Morgan fingerprint density at radius 1 is 1.40 bits per heavy atom. The maximum atomic E-state index is 3.71. The van der Waals surface area contributed by atoms with Crippen LogP contribution in [-0.4, -0.2) is 0 Å². The lowest BCUT2D eigenvalue weighted by Gasteiger charge is -2.40. The molecule has 0 aromatic carbocycles. The van der Waals surface area contributed by atoms with Crippen molar-refractivity contribution in [3.63, 3.8) is 0 Å². The fourth-order valence-electron chi connectivity index (χ4n) is 3.22. The van der Waals surface area contributed by atoms with E-state index in [1.807, 2.05) is 0 Å². The zero-order valence-electron chi connectivity index (χ0n) is 10.8. The third-order valence-electron chi connectivity index (χ3n) is 4.27. The summed E-state index contributed by atoms with van der Waals surface area (Å²) in [6.07, 6.45) is 6.27. The van der Waals surface area contributed by atoms with Gasteiger partial charge in [-0.05, 0) is 48.5 Å². The Morgan fingerprint density at radius 3 is 2.53 bits per heavy atom. The van der Waals surface area contributed by atoms with Crippen LogP contribution >= 0.6 is 0 Å². The number of rotatable bonds is 3. The van der Waals surface area contributed by atoms with Crippen LogP contribution in [0.1, 0.15) is 47.0 Å². The van der Waals surface area contributed by atoms with Crippen LogP contribution in [-0.2, 0) is 0 Å². The number of allylic oxidation sites excluding steroid dienone is 1. The fourth-order valence-corrected chi connectivity index (χ4v) is 3.22. The molecule has 1 rings (SSSR count). The Balaban J connectivity index is 2.72. The standard InChI is InChI=1S/C15H26/c1-6-8-14-10-13(7-2)15(11(3)4)9-12(14)5/h8,11-15H,1,7,9-10H2,2-5H3. The molecule has 0 heterocycles. The summed E-state index contributed by atoms with van der Waals surface area (Å²) in [6.45, 7) is 13.2. The molecule has 15 heavy (non-hydrogen) atoms. The first-order valence-electron chi connectivity index (χ1n) is 6.46. The van der Waals surface area contributed by atoms with Gasteiger partial charge >= 0.3 is 0 Å². The van der Waals surface area contributed by atoms with E-state index in [4.69, 9.17) is 0 Å². The van der Waals surface area contributed by atoms with Crippen molar-refractivity contribution < 1.29 is 0 Å². The number of hydrogen-bond acceptors (Lipinski definition) is 0. The van der Waals surface area contributed by atoms with E-state index in [2.05, 4.69) is 46.1 Å². The molecule has 1 fully saturated rings. The van der Waals surface area contributed by atoms with E-state index in [9.17, 15) is 0 Å². The molecule has 0 radical (unpaired) electrons. The quantitative estimate of drug-likeness (QED) is 0.589. The van der Waals surface area contributed by atoms with Crippen molar-refractivity contribution in [1.82, 2.24) is 0 Å². The van der Waals surface area contributed by atoms with E-state index in [0.29, 0.717) is 0 Å². The highest BCUT2D eigenvalue weighted by atomic mass is 14.4. The summed E-state index contributed by atoms with van der Waals surface area (Å²) in [4.78, 5) is 0. The van der Waals surface area contributed by atoms with Crippen LogP contribution in [0.5, 0.6) is 0 Å². The first-order valence-corrected chi connectivity index (χ1v) is 6.46. The second-order valence-electron chi connectivity index (χ2n) is 5.56. The van der Waals surface area contributed by atoms with Crippen LogP contribution in [0.15, 0.2) is 18.4 Å². The normalized spacial score (nSPS) is 36.3. The summed E-state index contributed by atoms with van der Waals surface area (Å²) in [7, 11) is 0. The molecular weight excluding hydrogens is 180 g/mol. The van der Waals surface area contributed by atoms with Crippen LogP contribution < -0.4 is 0 Å². The third kappa shape index (κ3) is 2.98. The fraction of sp³-hybridized carbons (Fsp3) is 0.800. The first-order chi connectivity index (χ1) is 7.10. The second-order valence-corrected chi connectivity index (χ2v) is 5.56. The Labute approximate surface area is 95.5 Å². The van der Waals surface area contributed by atoms with Gasteiger partial charge in [-0.2, -0.15) is 0 Å². The SMILES string of the molecule is C=C=CC1CC(CC)C(C(C)C)CC1C. The minimum Gasteiger partial charge on any atom is -0.133 e. The van der Waals surface area contributed by atoms with Crippen LogP contribution in [0.3, 0.4) is 0 Å². The molecule has 1 aliphatic carbocycles. The lowest BCUT2D eigenvalue weighted by Crippen LogP contribution is -2.32. The van der Waals surface area contributed by atoms with Gasteiger partial charge < -0.3 is 0 Å². The van der Waals surface area contributed by atoms with E-state index in [1.54, 1.807) is 0 Å². The van der Waals surface area contributed by atoms with Gasteiger partial charge in [0.15, 0.2) is 0 Å². The molecule has 0 amide bonds. The third-order valence-corrected chi connectivity index (χ3v) is 4.27. The van der Waals surface area contributed by atoms with Crippen LogP contribution in [0.25, 0.3) is 0 Å². The topological polar surface area (TPSA) is 0 Å². The van der Waals surface area contributed by atoms with Gasteiger partial charge in [-0.25, -0.2) is 0 Å². The lowest BCUT2D eigenvalue weighted by atomic mass is 9.65. The predicted octanol–water partition coefficient (Wildman–Crippen LogP) is 4.67. The zero-order chi connectivity index (χ0) is 11.4. The van der Waals surface area contributed by atoms with Crippen LogP contribution in [0.4, 0.5) is 0 Å². The molecule has 0 spiro atoms. The highest BCUT2D eigenvalue weighted by molar-refractivity contribution is 4.94. The van der Waals surface area contributed by atoms with Gasteiger partial charge in [-0.1, -0.05) is 40.7 Å². The molecule has 0 heteroatoms. The summed E-state index contributed by atoms with van der Waals surface area (Å²) >= 11 is 0. The van der Waals surface area contributed by atoms with E-state index < -0.39 is 0 Å². The van der Waals surface area contributed by atoms with Gasteiger partial charge in [0.05, 0.1) is 0 Å². The Morgan fingerprint density at radius 2 is 2.07 bits per heavy atom. The maximum absolute atomic E-state index is 3.71. The van der Waals surface area contributed by atoms with Gasteiger partial charge in [0, 0.05) is 0 Å². The van der Waals surface area contributed by atoms with Crippen molar-refractivity contribution >= 4 is 0 Å². The Hall–Kier alpha value is -0.480. The molecule has 4 unspecified atom stereocenters. The second kappa shape index (κ2) is 5.56. The smallest absolute Gasteiger partial charge is 0.0129 e. The van der Waals surface area contributed by atoms with E-state index in [1.165, 1.54) is 19.3 Å². The average Bonchev–Trinajstić information content (AvgIpc) is 2.20. The van der Waals surface area contributed by atoms with Gasteiger partial charge in [0.2, 0.25) is 0 Å². The van der Waals surface area contributed by atoms with Gasteiger partial charge in [-0.3, -0.25) is 0 Å². The van der Waals surface area contributed by atoms with E-state index in [0.717, 1.165) is 29.6 Å². The molecule has 0 saturated heterocycles. The van der Waals surface area contributed by atoms with Crippen LogP contribution in [0, 0.1) is 29.6 Å². The minimum atomic E-state index is 0.724. The summed E-state index contributed by atoms with van der Waals surface area (Å²) in [5, 5.41) is 0. The Kier molecular flexibility index (Phi) is 4.67. The van der Waals surface area contributed by atoms with Crippen molar-refractivity contribution in [2.24, 2.45) is 29.6 Å².